The van der Waals surface area contributed by atoms with Gasteiger partial charge in [0.1, 0.15) is 11.4 Å². The number of amides is 1. The summed E-state index contributed by atoms with van der Waals surface area (Å²) < 4.78 is 0.801. The Hall–Kier alpha value is -2.93. The number of nitrogens with zero attached hydrogens (tertiary/aromatic N) is 2. The lowest BCUT2D eigenvalue weighted by Gasteiger charge is -2.01. The molecule has 2 aromatic carbocycles. The van der Waals surface area contributed by atoms with Gasteiger partial charge in [0.2, 0.25) is 0 Å². The molecule has 1 heterocycles. The maximum absolute atomic E-state index is 12.3. The monoisotopic (exact) mass is 398 g/mol. The van der Waals surface area contributed by atoms with Gasteiger partial charge in [-0.25, -0.2) is 5.43 Å². The first kappa shape index (κ1) is 16.9. The number of aromatic amines is 1. The van der Waals surface area contributed by atoms with Crippen molar-refractivity contribution in [2.75, 3.05) is 0 Å². The second-order valence-corrected chi connectivity index (χ2v) is 6.26. The number of rotatable bonds is 4. The van der Waals surface area contributed by atoms with Crippen LogP contribution in [0.4, 0.5) is 0 Å². The van der Waals surface area contributed by atoms with E-state index >= 15 is 0 Å². The van der Waals surface area contributed by atoms with Crippen LogP contribution in [0.25, 0.3) is 11.3 Å². The van der Waals surface area contributed by atoms with Crippen molar-refractivity contribution in [2.24, 2.45) is 5.10 Å². The fourth-order valence-corrected chi connectivity index (χ4v) is 2.72. The summed E-state index contributed by atoms with van der Waals surface area (Å²) >= 11 is 3.31. The molecular weight excluding hydrogens is 384 g/mol. The number of benzene rings is 2. The predicted molar refractivity (Wildman–Crippen MR) is 99.6 cm³/mol. The maximum Gasteiger partial charge on any atom is 0.289 e. The second-order valence-electron chi connectivity index (χ2n) is 5.34. The van der Waals surface area contributed by atoms with Crippen LogP contribution in [-0.2, 0) is 0 Å². The van der Waals surface area contributed by atoms with E-state index in [2.05, 4.69) is 36.7 Å². The van der Waals surface area contributed by atoms with Crippen LogP contribution < -0.4 is 5.43 Å². The zero-order valence-corrected chi connectivity index (χ0v) is 14.9. The zero-order valence-electron chi connectivity index (χ0n) is 13.3. The topological polar surface area (TPSA) is 90.4 Å². The van der Waals surface area contributed by atoms with Gasteiger partial charge < -0.3 is 5.11 Å². The molecule has 3 aromatic rings. The molecule has 0 atom stereocenters. The number of hydrogen-bond acceptors (Lipinski definition) is 4. The predicted octanol–water partition coefficient (Wildman–Crippen LogP) is 3.62. The van der Waals surface area contributed by atoms with E-state index in [1.807, 2.05) is 37.3 Å². The Labute approximate surface area is 152 Å². The van der Waals surface area contributed by atoms with E-state index in [-0.39, 0.29) is 5.75 Å². The third-order valence-electron chi connectivity index (χ3n) is 3.64. The van der Waals surface area contributed by atoms with Gasteiger partial charge in [-0.3, -0.25) is 9.89 Å². The van der Waals surface area contributed by atoms with Gasteiger partial charge in [0.05, 0.1) is 11.9 Å². The van der Waals surface area contributed by atoms with Crippen LogP contribution in [0.5, 0.6) is 5.75 Å². The van der Waals surface area contributed by atoms with Gasteiger partial charge in [0, 0.05) is 21.2 Å². The average molecular weight is 399 g/mol. The first-order valence-electron chi connectivity index (χ1n) is 7.48. The van der Waals surface area contributed by atoms with E-state index in [4.69, 9.17) is 0 Å². The summed E-state index contributed by atoms with van der Waals surface area (Å²) in [5, 5.41) is 20.6. The van der Waals surface area contributed by atoms with Crippen LogP contribution in [0.2, 0.25) is 0 Å². The normalized spacial score (nSPS) is 11.0. The highest BCUT2D eigenvalue weighted by molar-refractivity contribution is 9.10. The SMILES string of the molecule is Cc1c(-c2ccccc2)n[nH]c1C(=O)NN=Cc1cc(Br)ccc1O. The van der Waals surface area contributed by atoms with Gasteiger partial charge in [-0.05, 0) is 25.1 Å². The van der Waals surface area contributed by atoms with E-state index in [1.165, 1.54) is 6.21 Å². The van der Waals surface area contributed by atoms with Crippen molar-refractivity contribution < 1.29 is 9.90 Å². The Bertz CT molecular complexity index is 936. The summed E-state index contributed by atoms with van der Waals surface area (Å²) in [7, 11) is 0. The lowest BCUT2D eigenvalue weighted by atomic mass is 10.1. The number of aromatic nitrogens is 2. The van der Waals surface area contributed by atoms with Crippen molar-refractivity contribution in [3.63, 3.8) is 0 Å². The Kier molecular flexibility index (Phi) is 4.95. The summed E-state index contributed by atoms with van der Waals surface area (Å²) in [5.74, 6) is -0.330. The molecule has 0 radical (unpaired) electrons. The number of phenolic OH excluding ortho intramolecular Hbond substituents is 1. The summed E-state index contributed by atoms with van der Waals surface area (Å²) in [6.45, 7) is 1.82. The van der Waals surface area contributed by atoms with Gasteiger partial charge in [-0.2, -0.15) is 10.2 Å². The lowest BCUT2D eigenvalue weighted by Crippen LogP contribution is -2.19. The molecular formula is C18H15BrN4O2. The Morgan fingerprint density at radius 2 is 2.04 bits per heavy atom. The van der Waals surface area contributed by atoms with E-state index < -0.39 is 5.91 Å². The van der Waals surface area contributed by atoms with E-state index in [0.717, 1.165) is 21.3 Å². The largest absolute Gasteiger partial charge is 0.507 e. The van der Waals surface area contributed by atoms with Crippen molar-refractivity contribution in [3.05, 3.63) is 69.8 Å². The first-order valence-corrected chi connectivity index (χ1v) is 8.28. The average Bonchev–Trinajstić information content (AvgIpc) is 3.00. The molecule has 1 amide bonds. The van der Waals surface area contributed by atoms with Gasteiger partial charge in [-0.1, -0.05) is 46.3 Å². The smallest absolute Gasteiger partial charge is 0.289 e. The van der Waals surface area contributed by atoms with Crippen LogP contribution in [-0.4, -0.2) is 27.4 Å². The number of nitrogens with one attached hydrogen (secondary N) is 2. The fraction of sp³-hybridized carbons (Fsp3) is 0.0556. The van der Waals surface area contributed by atoms with Crippen molar-refractivity contribution in [3.8, 4) is 17.0 Å². The molecule has 0 aliphatic heterocycles. The van der Waals surface area contributed by atoms with Crippen molar-refractivity contribution in [2.45, 2.75) is 6.92 Å². The Balaban J connectivity index is 1.75. The number of carbonyl (C=O) groups excluding carboxylic acids is 1. The molecule has 1 aromatic heterocycles. The summed E-state index contributed by atoms with van der Waals surface area (Å²) in [4.78, 5) is 12.3. The molecule has 0 saturated carbocycles. The van der Waals surface area contributed by atoms with Gasteiger partial charge >= 0.3 is 0 Å². The third-order valence-corrected chi connectivity index (χ3v) is 4.14. The van der Waals surface area contributed by atoms with Gasteiger partial charge in [-0.15, -0.1) is 0 Å². The number of halogens is 1. The lowest BCUT2D eigenvalue weighted by molar-refractivity contribution is 0.0949. The van der Waals surface area contributed by atoms with Crippen molar-refractivity contribution >= 4 is 28.1 Å². The highest BCUT2D eigenvalue weighted by atomic mass is 79.9. The first-order chi connectivity index (χ1) is 12.1. The molecule has 0 aliphatic carbocycles. The number of carbonyl (C=O) groups is 1. The highest BCUT2D eigenvalue weighted by Crippen LogP contribution is 2.23. The molecule has 0 aliphatic rings. The van der Waals surface area contributed by atoms with E-state index in [0.29, 0.717) is 11.3 Å². The molecule has 25 heavy (non-hydrogen) atoms. The van der Waals surface area contributed by atoms with Crippen molar-refractivity contribution in [1.29, 1.82) is 0 Å². The molecule has 0 bridgehead atoms. The van der Waals surface area contributed by atoms with Crippen LogP contribution in [0.15, 0.2) is 58.1 Å². The summed E-state index contributed by atoms with van der Waals surface area (Å²) in [5.41, 5.74) is 5.65. The molecule has 0 saturated heterocycles. The third kappa shape index (κ3) is 3.77. The molecule has 3 rings (SSSR count). The summed E-state index contributed by atoms with van der Waals surface area (Å²) in [6.07, 6.45) is 1.38. The summed E-state index contributed by atoms with van der Waals surface area (Å²) in [6, 6.07) is 14.6. The highest BCUT2D eigenvalue weighted by Gasteiger charge is 2.16. The van der Waals surface area contributed by atoms with Crippen LogP contribution in [0.3, 0.4) is 0 Å². The van der Waals surface area contributed by atoms with Crippen LogP contribution in [0.1, 0.15) is 21.6 Å². The number of hydrazone groups is 1. The molecule has 126 valence electrons. The number of H-pyrrole nitrogens is 1. The zero-order chi connectivity index (χ0) is 17.8. The molecule has 3 N–H and O–H groups in total. The molecule has 0 spiro atoms. The van der Waals surface area contributed by atoms with Gasteiger partial charge in [0.25, 0.3) is 5.91 Å². The minimum Gasteiger partial charge on any atom is -0.507 e. The standard InChI is InChI=1S/C18H15BrN4O2/c1-11-16(12-5-3-2-4-6-12)21-22-17(11)18(25)23-20-10-13-9-14(19)7-8-15(13)24/h2-10,24H,1H3,(H,21,22)(H,23,25). The molecule has 0 unspecified atom stereocenters. The maximum atomic E-state index is 12.3. The fourth-order valence-electron chi connectivity index (χ4n) is 2.34. The quantitative estimate of drug-likeness (QED) is 0.462. The Morgan fingerprint density at radius 3 is 2.80 bits per heavy atom. The van der Waals surface area contributed by atoms with Crippen LogP contribution in [0, 0.1) is 6.92 Å². The van der Waals surface area contributed by atoms with Crippen LogP contribution >= 0.6 is 15.9 Å². The molecule has 7 heteroatoms. The number of phenols is 1. The molecule has 0 fully saturated rings. The second kappa shape index (κ2) is 7.31. The van der Waals surface area contributed by atoms with Crippen molar-refractivity contribution in [1.82, 2.24) is 15.6 Å². The number of hydrogen-bond donors (Lipinski definition) is 3. The van der Waals surface area contributed by atoms with E-state index in [9.17, 15) is 9.90 Å². The minimum absolute atomic E-state index is 0.0743. The Morgan fingerprint density at radius 1 is 1.28 bits per heavy atom. The minimum atomic E-state index is -0.405. The van der Waals surface area contributed by atoms with Gasteiger partial charge in [0.15, 0.2) is 0 Å². The van der Waals surface area contributed by atoms with E-state index in [1.54, 1.807) is 18.2 Å². The molecule has 6 nitrogen and oxygen atoms in total. The number of aromatic hydroxyl groups is 1.